The highest BCUT2D eigenvalue weighted by Gasteiger charge is 2.34. The molecule has 1 heterocycles. The molecule has 0 aliphatic carbocycles. The lowest BCUT2D eigenvalue weighted by Crippen LogP contribution is -2.35. The van der Waals surface area contributed by atoms with Crippen molar-refractivity contribution < 1.29 is 28.5 Å². The average molecular weight is 383 g/mol. The number of esters is 1. The molecule has 28 heavy (non-hydrogen) atoms. The molecule has 1 N–H and O–H groups in total. The molecular formula is C21H21NO6. The Hall–Kier alpha value is -3.48. The Balaban J connectivity index is 1.82. The fourth-order valence-corrected chi connectivity index (χ4v) is 2.87. The zero-order valence-corrected chi connectivity index (χ0v) is 15.6. The van der Waals surface area contributed by atoms with E-state index in [1.807, 2.05) is 30.3 Å². The monoisotopic (exact) mass is 383 g/mol. The third-order valence-electron chi connectivity index (χ3n) is 4.25. The van der Waals surface area contributed by atoms with Gasteiger partial charge in [-0.2, -0.15) is 0 Å². The van der Waals surface area contributed by atoms with Crippen molar-refractivity contribution >= 4 is 18.1 Å². The van der Waals surface area contributed by atoms with Crippen LogP contribution < -0.4 is 14.8 Å². The first kappa shape index (κ1) is 19.3. The van der Waals surface area contributed by atoms with Crippen LogP contribution in [0.1, 0.15) is 17.2 Å². The van der Waals surface area contributed by atoms with Gasteiger partial charge in [0.05, 0.1) is 14.2 Å². The fraction of sp³-hybridized carbons (Fsp3) is 0.238. The summed E-state index contributed by atoms with van der Waals surface area (Å²) in [5.41, 5.74) is 1.52. The summed E-state index contributed by atoms with van der Waals surface area (Å²) in [5, 5.41) is 2.66. The van der Waals surface area contributed by atoms with Gasteiger partial charge >= 0.3 is 12.1 Å². The van der Waals surface area contributed by atoms with Crippen molar-refractivity contribution in [1.29, 1.82) is 0 Å². The van der Waals surface area contributed by atoms with Gasteiger partial charge in [0.25, 0.3) is 0 Å². The SMILES string of the molecule is COc1ccc([C@H](OC(=O)/C=C/c2ccccc2)[C@H]2COC(=O)N2)cc1OC. The lowest BCUT2D eigenvalue weighted by atomic mass is 10.0. The zero-order chi connectivity index (χ0) is 19.9. The van der Waals surface area contributed by atoms with Gasteiger partial charge in [-0.25, -0.2) is 9.59 Å². The molecule has 0 aromatic heterocycles. The summed E-state index contributed by atoms with van der Waals surface area (Å²) >= 11 is 0. The van der Waals surface area contributed by atoms with Crippen molar-refractivity contribution in [2.45, 2.75) is 12.1 Å². The molecule has 1 saturated heterocycles. The molecule has 0 unspecified atom stereocenters. The van der Waals surface area contributed by atoms with E-state index < -0.39 is 24.2 Å². The van der Waals surface area contributed by atoms with Gasteiger partial charge in [-0.05, 0) is 29.3 Å². The summed E-state index contributed by atoms with van der Waals surface area (Å²) in [6.07, 6.45) is 1.71. The van der Waals surface area contributed by atoms with Crippen LogP contribution in [0.3, 0.4) is 0 Å². The molecule has 7 nitrogen and oxygen atoms in total. The Morgan fingerprint density at radius 1 is 1.14 bits per heavy atom. The lowest BCUT2D eigenvalue weighted by molar-refractivity contribution is -0.144. The maximum absolute atomic E-state index is 12.4. The van der Waals surface area contributed by atoms with Crippen molar-refractivity contribution in [2.75, 3.05) is 20.8 Å². The van der Waals surface area contributed by atoms with Crippen LogP contribution in [0, 0.1) is 0 Å². The van der Waals surface area contributed by atoms with Gasteiger partial charge in [-0.15, -0.1) is 0 Å². The van der Waals surface area contributed by atoms with Gasteiger partial charge < -0.3 is 24.3 Å². The number of rotatable bonds is 7. The first-order valence-corrected chi connectivity index (χ1v) is 8.69. The van der Waals surface area contributed by atoms with Crippen molar-refractivity contribution in [3.8, 4) is 11.5 Å². The third-order valence-corrected chi connectivity index (χ3v) is 4.25. The predicted molar refractivity (Wildman–Crippen MR) is 102 cm³/mol. The maximum Gasteiger partial charge on any atom is 0.407 e. The lowest BCUT2D eigenvalue weighted by Gasteiger charge is -2.23. The second kappa shape index (κ2) is 8.94. The molecule has 0 radical (unpaired) electrons. The molecule has 146 valence electrons. The van der Waals surface area contributed by atoms with E-state index in [4.69, 9.17) is 18.9 Å². The van der Waals surface area contributed by atoms with Crippen LogP contribution in [0.4, 0.5) is 4.79 Å². The minimum atomic E-state index is -0.751. The quantitative estimate of drug-likeness (QED) is 0.584. The Bertz CT molecular complexity index is 864. The number of benzene rings is 2. The highest BCUT2D eigenvalue weighted by Crippen LogP contribution is 2.33. The largest absolute Gasteiger partial charge is 0.493 e. The number of carbonyl (C=O) groups excluding carboxylic acids is 2. The summed E-state index contributed by atoms with van der Waals surface area (Å²) in [6.45, 7) is 0.0908. The third kappa shape index (κ3) is 4.62. The van der Waals surface area contributed by atoms with Crippen LogP contribution >= 0.6 is 0 Å². The fourth-order valence-electron chi connectivity index (χ4n) is 2.87. The number of hydrogen-bond donors (Lipinski definition) is 1. The Labute approximate surface area is 162 Å². The van der Waals surface area contributed by atoms with Crippen molar-refractivity contribution in [3.05, 3.63) is 65.7 Å². The van der Waals surface area contributed by atoms with E-state index in [9.17, 15) is 9.59 Å². The van der Waals surface area contributed by atoms with Gasteiger partial charge in [-0.3, -0.25) is 0 Å². The number of alkyl carbamates (subject to hydrolysis) is 1. The van der Waals surface area contributed by atoms with Crippen LogP contribution in [0.5, 0.6) is 11.5 Å². The van der Waals surface area contributed by atoms with E-state index in [0.29, 0.717) is 17.1 Å². The molecule has 0 bridgehead atoms. The van der Waals surface area contributed by atoms with Crippen molar-refractivity contribution in [3.63, 3.8) is 0 Å². The second-order valence-electron chi connectivity index (χ2n) is 6.07. The average Bonchev–Trinajstić information content (AvgIpc) is 3.16. The van der Waals surface area contributed by atoms with E-state index in [1.54, 1.807) is 24.3 Å². The number of amides is 1. The first-order chi connectivity index (χ1) is 13.6. The zero-order valence-electron chi connectivity index (χ0n) is 15.6. The molecule has 2 aromatic rings. The minimum Gasteiger partial charge on any atom is -0.493 e. The van der Waals surface area contributed by atoms with E-state index in [0.717, 1.165) is 5.56 Å². The molecule has 3 rings (SSSR count). The number of carbonyl (C=O) groups is 2. The highest BCUT2D eigenvalue weighted by atomic mass is 16.6. The summed E-state index contributed by atoms with van der Waals surface area (Å²) in [6, 6.07) is 14.1. The van der Waals surface area contributed by atoms with Crippen LogP contribution in [-0.4, -0.2) is 38.9 Å². The maximum atomic E-state index is 12.4. The van der Waals surface area contributed by atoms with Gasteiger partial charge in [0.15, 0.2) is 17.6 Å². The number of cyclic esters (lactones) is 1. The van der Waals surface area contributed by atoms with E-state index in [1.165, 1.54) is 20.3 Å². The topological polar surface area (TPSA) is 83.1 Å². The highest BCUT2D eigenvalue weighted by molar-refractivity contribution is 5.87. The Morgan fingerprint density at radius 3 is 2.54 bits per heavy atom. The van der Waals surface area contributed by atoms with E-state index in [2.05, 4.69) is 5.32 Å². The summed E-state index contributed by atoms with van der Waals surface area (Å²) < 4.78 is 21.2. The minimum absolute atomic E-state index is 0.0908. The van der Waals surface area contributed by atoms with Gasteiger partial charge in [0.2, 0.25) is 0 Å². The van der Waals surface area contributed by atoms with E-state index >= 15 is 0 Å². The van der Waals surface area contributed by atoms with Gasteiger partial charge in [-0.1, -0.05) is 36.4 Å². The molecule has 0 spiro atoms. The molecule has 1 aliphatic heterocycles. The number of hydrogen-bond acceptors (Lipinski definition) is 6. The van der Waals surface area contributed by atoms with Gasteiger partial charge in [0, 0.05) is 6.08 Å². The van der Waals surface area contributed by atoms with Crippen LogP contribution in [0.2, 0.25) is 0 Å². The van der Waals surface area contributed by atoms with Gasteiger partial charge in [0.1, 0.15) is 12.6 Å². The summed E-state index contributed by atoms with van der Waals surface area (Å²) in [4.78, 5) is 23.9. The predicted octanol–water partition coefficient (Wildman–Crippen LogP) is 3.11. The normalized spacial score (nSPS) is 16.9. The number of nitrogens with one attached hydrogen (secondary N) is 1. The Kier molecular flexibility index (Phi) is 6.16. The van der Waals surface area contributed by atoms with Crippen molar-refractivity contribution in [2.24, 2.45) is 0 Å². The molecule has 0 saturated carbocycles. The molecule has 1 aliphatic rings. The Morgan fingerprint density at radius 2 is 1.89 bits per heavy atom. The summed E-state index contributed by atoms with van der Waals surface area (Å²) in [7, 11) is 3.06. The van der Waals surface area contributed by atoms with E-state index in [-0.39, 0.29) is 6.61 Å². The molecule has 1 amide bonds. The summed E-state index contributed by atoms with van der Waals surface area (Å²) in [5.74, 6) is 0.503. The number of ether oxygens (including phenoxy) is 4. The molecule has 2 aromatic carbocycles. The van der Waals surface area contributed by atoms with Crippen LogP contribution in [0.25, 0.3) is 6.08 Å². The molecule has 2 atom stereocenters. The van der Waals surface area contributed by atoms with Crippen LogP contribution in [0.15, 0.2) is 54.6 Å². The second-order valence-corrected chi connectivity index (χ2v) is 6.07. The molecule has 7 heteroatoms. The first-order valence-electron chi connectivity index (χ1n) is 8.69. The number of methoxy groups -OCH3 is 2. The smallest absolute Gasteiger partial charge is 0.407 e. The molecule has 1 fully saturated rings. The van der Waals surface area contributed by atoms with Crippen molar-refractivity contribution in [1.82, 2.24) is 5.32 Å². The standard InChI is InChI=1S/C21H21NO6/c1-25-17-10-9-15(12-18(17)26-2)20(16-13-27-21(24)22-16)28-19(23)11-8-14-6-4-3-5-7-14/h3-12,16,20H,13H2,1-2H3,(H,22,24)/b11-8+/t16-,20+/m1/s1. The molecular weight excluding hydrogens is 362 g/mol. The van der Waals surface area contributed by atoms with Crippen LogP contribution in [-0.2, 0) is 14.3 Å².